The minimum absolute atomic E-state index is 1.06. The second-order valence-electron chi connectivity index (χ2n) is 2.23. The number of halogens is 1. The van der Waals surface area contributed by atoms with Gasteiger partial charge in [0.15, 0.2) is 0 Å². The molecule has 0 atom stereocenters. The van der Waals surface area contributed by atoms with E-state index in [9.17, 15) is 0 Å². The van der Waals surface area contributed by atoms with E-state index in [4.69, 9.17) is 0 Å². The van der Waals surface area contributed by atoms with Gasteiger partial charge in [-0.3, -0.25) is 0 Å². The molecule has 56 valence electrons. The zero-order valence-electron chi connectivity index (χ0n) is 6.18. The predicted molar refractivity (Wildman–Crippen MR) is 59.6 cm³/mol. The highest BCUT2D eigenvalue weighted by Gasteiger charge is 1.93. The van der Waals surface area contributed by atoms with Crippen molar-refractivity contribution in [2.24, 2.45) is 0 Å². The van der Waals surface area contributed by atoms with Gasteiger partial charge in [0.25, 0.3) is 0 Å². The molecule has 1 heteroatoms. The molecule has 0 nitrogen and oxygen atoms in total. The number of rotatable bonds is 2. The Kier molecular flexibility index (Phi) is 2.88. The minimum Gasteiger partial charge on any atom is -0.0985 e. The summed E-state index contributed by atoms with van der Waals surface area (Å²) in [5, 5.41) is 0. The molecule has 0 N–H and O–H groups in total. The van der Waals surface area contributed by atoms with Crippen molar-refractivity contribution in [3.05, 3.63) is 48.6 Å². The number of hydrogen-bond donors (Lipinski definition) is 0. The SMILES string of the molecule is C=Cc1cccc(C(=C)I)c1. The average Bonchev–Trinajstić information content (AvgIpc) is 2.05. The van der Waals surface area contributed by atoms with Gasteiger partial charge < -0.3 is 0 Å². The van der Waals surface area contributed by atoms with E-state index in [2.05, 4.69) is 41.8 Å². The molecule has 1 aromatic rings. The normalized spacial score (nSPS) is 9.18. The Hall–Kier alpha value is -0.570. The van der Waals surface area contributed by atoms with E-state index in [1.165, 1.54) is 5.56 Å². The van der Waals surface area contributed by atoms with Gasteiger partial charge in [0, 0.05) is 3.58 Å². The van der Waals surface area contributed by atoms with Crippen molar-refractivity contribution >= 4 is 32.2 Å². The van der Waals surface area contributed by atoms with E-state index in [0.717, 1.165) is 9.14 Å². The molecule has 0 saturated heterocycles. The van der Waals surface area contributed by atoms with Crippen LogP contribution in [0.15, 0.2) is 37.4 Å². The fraction of sp³-hybridized carbons (Fsp3) is 0. The second-order valence-corrected chi connectivity index (χ2v) is 3.54. The highest BCUT2D eigenvalue weighted by Crippen LogP contribution is 2.20. The Morgan fingerprint density at radius 1 is 1.45 bits per heavy atom. The van der Waals surface area contributed by atoms with E-state index in [1.807, 2.05) is 24.3 Å². The molecular formula is C10H9I. The summed E-state index contributed by atoms with van der Waals surface area (Å²) in [7, 11) is 0. The molecule has 0 aliphatic heterocycles. The summed E-state index contributed by atoms with van der Waals surface area (Å²) >= 11 is 2.21. The Morgan fingerprint density at radius 3 is 2.73 bits per heavy atom. The second kappa shape index (κ2) is 3.72. The molecule has 0 bridgehead atoms. The van der Waals surface area contributed by atoms with Gasteiger partial charge in [-0.15, -0.1) is 0 Å². The highest BCUT2D eigenvalue weighted by atomic mass is 127. The summed E-state index contributed by atoms with van der Waals surface area (Å²) in [5.41, 5.74) is 2.31. The summed E-state index contributed by atoms with van der Waals surface area (Å²) in [4.78, 5) is 0. The zero-order valence-corrected chi connectivity index (χ0v) is 8.34. The summed E-state index contributed by atoms with van der Waals surface area (Å²) in [6, 6.07) is 8.15. The predicted octanol–water partition coefficient (Wildman–Crippen LogP) is 3.74. The van der Waals surface area contributed by atoms with Crippen molar-refractivity contribution in [3.63, 3.8) is 0 Å². The van der Waals surface area contributed by atoms with Crippen LogP contribution in [0, 0.1) is 0 Å². The van der Waals surface area contributed by atoms with E-state index in [0.29, 0.717) is 0 Å². The maximum absolute atomic E-state index is 3.85. The van der Waals surface area contributed by atoms with Gasteiger partial charge in [0.05, 0.1) is 0 Å². The van der Waals surface area contributed by atoms with Crippen molar-refractivity contribution in [1.82, 2.24) is 0 Å². The smallest absolute Gasteiger partial charge is 0.0131 e. The van der Waals surface area contributed by atoms with Gasteiger partial charge in [-0.05, 0) is 39.8 Å². The molecule has 0 aromatic heterocycles. The van der Waals surface area contributed by atoms with Gasteiger partial charge in [0.2, 0.25) is 0 Å². The Bertz CT molecular complexity index is 287. The first-order valence-electron chi connectivity index (χ1n) is 3.31. The first-order chi connectivity index (χ1) is 5.24. The van der Waals surface area contributed by atoms with Crippen LogP contribution in [0.2, 0.25) is 0 Å². The van der Waals surface area contributed by atoms with Crippen molar-refractivity contribution in [1.29, 1.82) is 0 Å². The molecule has 0 saturated carbocycles. The van der Waals surface area contributed by atoms with Crippen LogP contribution in [0.25, 0.3) is 9.66 Å². The van der Waals surface area contributed by atoms with E-state index in [1.54, 1.807) is 0 Å². The Morgan fingerprint density at radius 2 is 2.18 bits per heavy atom. The monoisotopic (exact) mass is 256 g/mol. The lowest BCUT2D eigenvalue weighted by atomic mass is 10.1. The lowest BCUT2D eigenvalue weighted by Gasteiger charge is -1.98. The molecule has 0 unspecified atom stereocenters. The highest BCUT2D eigenvalue weighted by molar-refractivity contribution is 14.1. The minimum atomic E-state index is 1.06. The summed E-state index contributed by atoms with van der Waals surface area (Å²) in [5.74, 6) is 0. The van der Waals surface area contributed by atoms with Crippen LogP contribution in [0.3, 0.4) is 0 Å². The molecule has 0 amide bonds. The third-order valence-electron chi connectivity index (χ3n) is 1.44. The quantitative estimate of drug-likeness (QED) is 0.707. The zero-order chi connectivity index (χ0) is 8.27. The molecule has 11 heavy (non-hydrogen) atoms. The van der Waals surface area contributed by atoms with Gasteiger partial charge in [-0.25, -0.2) is 0 Å². The lowest BCUT2D eigenvalue weighted by molar-refractivity contribution is 1.62. The average molecular weight is 256 g/mol. The van der Waals surface area contributed by atoms with Gasteiger partial charge in [0.1, 0.15) is 0 Å². The van der Waals surface area contributed by atoms with Crippen LogP contribution in [-0.4, -0.2) is 0 Å². The van der Waals surface area contributed by atoms with E-state index in [-0.39, 0.29) is 0 Å². The van der Waals surface area contributed by atoms with Crippen LogP contribution in [-0.2, 0) is 0 Å². The largest absolute Gasteiger partial charge is 0.0985 e. The van der Waals surface area contributed by atoms with Gasteiger partial charge in [-0.1, -0.05) is 37.4 Å². The maximum Gasteiger partial charge on any atom is 0.0131 e. The third kappa shape index (κ3) is 2.19. The Labute approximate surface area is 80.8 Å². The lowest BCUT2D eigenvalue weighted by Crippen LogP contribution is -1.76. The van der Waals surface area contributed by atoms with Gasteiger partial charge >= 0.3 is 0 Å². The number of hydrogen-bond acceptors (Lipinski definition) is 0. The van der Waals surface area contributed by atoms with Crippen molar-refractivity contribution < 1.29 is 0 Å². The topological polar surface area (TPSA) is 0 Å². The van der Waals surface area contributed by atoms with E-state index >= 15 is 0 Å². The number of benzene rings is 1. The summed E-state index contributed by atoms with van der Waals surface area (Å²) in [6.07, 6.45) is 1.84. The first kappa shape index (κ1) is 8.53. The molecule has 1 aromatic carbocycles. The van der Waals surface area contributed by atoms with Gasteiger partial charge in [-0.2, -0.15) is 0 Å². The molecule has 0 spiro atoms. The van der Waals surface area contributed by atoms with Crippen LogP contribution in [0.1, 0.15) is 11.1 Å². The molecular weight excluding hydrogens is 247 g/mol. The van der Waals surface area contributed by atoms with Crippen molar-refractivity contribution in [3.8, 4) is 0 Å². The Balaban J connectivity index is 3.10. The fourth-order valence-corrected chi connectivity index (χ4v) is 1.17. The summed E-state index contributed by atoms with van der Waals surface area (Å²) < 4.78 is 1.06. The van der Waals surface area contributed by atoms with Crippen molar-refractivity contribution in [2.75, 3.05) is 0 Å². The fourth-order valence-electron chi connectivity index (χ4n) is 0.834. The van der Waals surface area contributed by atoms with Crippen LogP contribution >= 0.6 is 22.6 Å². The molecule has 0 aliphatic rings. The summed E-state index contributed by atoms with van der Waals surface area (Å²) in [6.45, 7) is 7.55. The van der Waals surface area contributed by atoms with E-state index < -0.39 is 0 Å². The first-order valence-corrected chi connectivity index (χ1v) is 4.39. The molecule has 0 radical (unpaired) electrons. The molecule has 1 rings (SSSR count). The third-order valence-corrected chi connectivity index (χ3v) is 2.06. The standard InChI is InChI=1S/C10H9I/c1-3-9-5-4-6-10(7-9)8(2)11/h3-7H,1-2H2. The van der Waals surface area contributed by atoms with Crippen LogP contribution in [0.5, 0.6) is 0 Å². The molecule has 0 heterocycles. The van der Waals surface area contributed by atoms with Crippen molar-refractivity contribution in [2.45, 2.75) is 0 Å². The molecule has 0 aliphatic carbocycles. The van der Waals surface area contributed by atoms with Crippen LogP contribution < -0.4 is 0 Å². The van der Waals surface area contributed by atoms with Crippen LogP contribution in [0.4, 0.5) is 0 Å². The maximum atomic E-state index is 3.85. The molecule has 0 fully saturated rings.